The van der Waals surface area contributed by atoms with Gasteiger partial charge in [-0.05, 0) is 73.9 Å². The van der Waals surface area contributed by atoms with Gasteiger partial charge < -0.3 is 14.2 Å². The van der Waals surface area contributed by atoms with Gasteiger partial charge in [-0.3, -0.25) is 0 Å². The van der Waals surface area contributed by atoms with Crippen molar-refractivity contribution in [3.63, 3.8) is 0 Å². The molecule has 0 aliphatic heterocycles. The van der Waals surface area contributed by atoms with E-state index in [9.17, 15) is 0 Å². The summed E-state index contributed by atoms with van der Waals surface area (Å²) in [6, 6.07) is 17.3. The average Bonchev–Trinajstić information content (AvgIpc) is 3.69. The molecule has 2 aliphatic carbocycles. The van der Waals surface area contributed by atoms with E-state index < -0.39 is 0 Å². The summed E-state index contributed by atoms with van der Waals surface area (Å²) in [6.07, 6.45) is 6.96. The number of ether oxygens (including phenoxy) is 3. The molecule has 0 N–H and O–H groups in total. The van der Waals surface area contributed by atoms with Gasteiger partial charge >= 0.3 is 0 Å². The minimum atomic E-state index is 0.219. The molecule has 0 radical (unpaired) electrons. The van der Waals surface area contributed by atoms with E-state index in [1.54, 1.807) is 0 Å². The monoisotopic (exact) mass is 394 g/mol. The molecule has 3 heteroatoms. The van der Waals surface area contributed by atoms with Gasteiger partial charge in [-0.25, -0.2) is 0 Å². The highest BCUT2D eigenvalue weighted by Crippen LogP contribution is 2.51. The predicted molar refractivity (Wildman–Crippen MR) is 117 cm³/mol. The van der Waals surface area contributed by atoms with E-state index >= 15 is 0 Å². The van der Waals surface area contributed by atoms with Gasteiger partial charge in [-0.15, -0.1) is 0 Å². The molecule has 3 nitrogen and oxygen atoms in total. The number of rotatable bonds is 12. The number of hydrogen-bond acceptors (Lipinski definition) is 3. The molecule has 2 saturated carbocycles. The molecule has 0 aromatic heterocycles. The summed E-state index contributed by atoms with van der Waals surface area (Å²) in [4.78, 5) is 0. The minimum Gasteiger partial charge on any atom is -0.494 e. The average molecular weight is 395 g/mol. The Labute approximate surface area is 175 Å². The lowest BCUT2D eigenvalue weighted by atomic mass is 9.95. The fourth-order valence-electron chi connectivity index (χ4n) is 4.03. The van der Waals surface area contributed by atoms with Gasteiger partial charge in [0.15, 0.2) is 0 Å². The molecule has 0 saturated heterocycles. The quantitative estimate of drug-likeness (QED) is 0.439. The second-order valence-electron chi connectivity index (χ2n) is 8.80. The first-order valence-corrected chi connectivity index (χ1v) is 11.2. The summed E-state index contributed by atoms with van der Waals surface area (Å²) in [7, 11) is 0. The SMILES string of the molecule is CCCOc1ccc(C2(COCC3(c4ccc(OCCC)cc4)CC3)CC2)cc1. The van der Waals surface area contributed by atoms with Crippen molar-refractivity contribution >= 4 is 0 Å². The Morgan fingerprint density at radius 3 is 1.31 bits per heavy atom. The zero-order valence-electron chi connectivity index (χ0n) is 17.9. The first kappa shape index (κ1) is 20.3. The second kappa shape index (κ2) is 8.79. The molecule has 0 bridgehead atoms. The van der Waals surface area contributed by atoms with Crippen LogP contribution >= 0.6 is 0 Å². The van der Waals surface area contributed by atoms with Crippen LogP contribution in [0, 0.1) is 0 Å². The summed E-state index contributed by atoms with van der Waals surface area (Å²) in [5.41, 5.74) is 3.22. The van der Waals surface area contributed by atoms with Crippen molar-refractivity contribution in [2.75, 3.05) is 26.4 Å². The Kier molecular flexibility index (Phi) is 6.15. The summed E-state index contributed by atoms with van der Waals surface area (Å²) < 4.78 is 17.8. The van der Waals surface area contributed by atoms with Crippen LogP contribution in [0.25, 0.3) is 0 Å². The molecule has 4 rings (SSSR count). The molecular weight excluding hydrogens is 360 g/mol. The van der Waals surface area contributed by atoms with Crippen LogP contribution in [0.5, 0.6) is 11.5 Å². The van der Waals surface area contributed by atoms with Gasteiger partial charge in [0, 0.05) is 10.8 Å². The molecule has 2 fully saturated rings. The van der Waals surface area contributed by atoms with Crippen LogP contribution in [0.3, 0.4) is 0 Å². The molecule has 2 aromatic carbocycles. The molecule has 29 heavy (non-hydrogen) atoms. The van der Waals surface area contributed by atoms with Crippen molar-refractivity contribution in [1.29, 1.82) is 0 Å². The molecular formula is C26H34O3. The molecule has 0 spiro atoms. The van der Waals surface area contributed by atoms with E-state index in [-0.39, 0.29) is 10.8 Å². The Morgan fingerprint density at radius 2 is 1.00 bits per heavy atom. The van der Waals surface area contributed by atoms with E-state index in [1.165, 1.54) is 36.8 Å². The van der Waals surface area contributed by atoms with Crippen molar-refractivity contribution in [1.82, 2.24) is 0 Å². The van der Waals surface area contributed by atoms with Crippen molar-refractivity contribution in [3.8, 4) is 11.5 Å². The zero-order chi connectivity index (χ0) is 20.2. The highest BCUT2D eigenvalue weighted by Gasteiger charge is 2.48. The summed E-state index contributed by atoms with van der Waals surface area (Å²) in [6.45, 7) is 7.46. The van der Waals surface area contributed by atoms with Gasteiger partial charge in [-0.2, -0.15) is 0 Å². The molecule has 0 atom stereocenters. The van der Waals surface area contributed by atoms with Gasteiger partial charge in [0.25, 0.3) is 0 Å². The maximum Gasteiger partial charge on any atom is 0.119 e. The predicted octanol–water partition coefficient (Wildman–Crippen LogP) is 6.04. The van der Waals surface area contributed by atoms with Crippen LogP contribution in [-0.2, 0) is 15.6 Å². The smallest absolute Gasteiger partial charge is 0.119 e. The van der Waals surface area contributed by atoms with Gasteiger partial charge in [0.2, 0.25) is 0 Å². The first-order chi connectivity index (χ1) is 14.2. The topological polar surface area (TPSA) is 27.7 Å². The Balaban J connectivity index is 1.30. The normalized spacial score (nSPS) is 18.3. The van der Waals surface area contributed by atoms with Crippen LogP contribution in [0.1, 0.15) is 63.5 Å². The Bertz CT molecular complexity index is 703. The van der Waals surface area contributed by atoms with Crippen molar-refractivity contribution in [2.45, 2.75) is 63.2 Å². The highest BCUT2D eigenvalue weighted by atomic mass is 16.5. The molecule has 2 aromatic rings. The molecule has 0 amide bonds. The minimum absolute atomic E-state index is 0.219. The van der Waals surface area contributed by atoms with Crippen LogP contribution in [-0.4, -0.2) is 26.4 Å². The van der Waals surface area contributed by atoms with E-state index in [1.807, 2.05) is 0 Å². The van der Waals surface area contributed by atoms with Gasteiger partial charge in [0.1, 0.15) is 11.5 Å². The summed E-state index contributed by atoms with van der Waals surface area (Å²) >= 11 is 0. The van der Waals surface area contributed by atoms with Crippen LogP contribution in [0.15, 0.2) is 48.5 Å². The van der Waals surface area contributed by atoms with Crippen molar-refractivity contribution in [3.05, 3.63) is 59.7 Å². The Morgan fingerprint density at radius 1 is 0.621 bits per heavy atom. The summed E-state index contributed by atoms with van der Waals surface area (Å²) in [5, 5.41) is 0. The maximum absolute atomic E-state index is 6.32. The largest absolute Gasteiger partial charge is 0.494 e. The molecule has 156 valence electrons. The van der Waals surface area contributed by atoms with Crippen molar-refractivity contribution in [2.24, 2.45) is 0 Å². The van der Waals surface area contributed by atoms with Gasteiger partial charge in [0.05, 0.1) is 26.4 Å². The third-order valence-corrected chi connectivity index (χ3v) is 6.34. The molecule has 2 aliphatic rings. The first-order valence-electron chi connectivity index (χ1n) is 11.2. The highest BCUT2D eigenvalue weighted by molar-refractivity contribution is 5.37. The van der Waals surface area contributed by atoms with E-state index in [0.717, 1.165) is 50.8 Å². The fourth-order valence-corrected chi connectivity index (χ4v) is 4.03. The lowest BCUT2D eigenvalue weighted by Crippen LogP contribution is -2.21. The standard InChI is InChI=1S/C26H34O3/c1-3-17-28-23-9-5-21(6-10-23)25(13-14-25)19-27-20-26(15-16-26)22-7-11-24(12-8-22)29-18-4-2/h5-12H,3-4,13-20H2,1-2H3. The van der Waals surface area contributed by atoms with E-state index in [2.05, 4.69) is 62.4 Å². The van der Waals surface area contributed by atoms with Crippen LogP contribution < -0.4 is 9.47 Å². The molecule has 0 unspecified atom stereocenters. The lowest BCUT2D eigenvalue weighted by Gasteiger charge is -2.21. The van der Waals surface area contributed by atoms with Gasteiger partial charge in [-0.1, -0.05) is 38.1 Å². The lowest BCUT2D eigenvalue weighted by molar-refractivity contribution is 0.0945. The number of benzene rings is 2. The molecule has 0 heterocycles. The van der Waals surface area contributed by atoms with Crippen LogP contribution in [0.2, 0.25) is 0 Å². The summed E-state index contributed by atoms with van der Waals surface area (Å²) in [5.74, 6) is 1.94. The fraction of sp³-hybridized carbons (Fsp3) is 0.538. The number of hydrogen-bond donors (Lipinski definition) is 0. The third-order valence-electron chi connectivity index (χ3n) is 6.34. The second-order valence-corrected chi connectivity index (χ2v) is 8.80. The van der Waals surface area contributed by atoms with E-state index in [4.69, 9.17) is 14.2 Å². The Hall–Kier alpha value is -2.00. The van der Waals surface area contributed by atoms with Crippen molar-refractivity contribution < 1.29 is 14.2 Å². The third kappa shape index (κ3) is 4.78. The van der Waals surface area contributed by atoms with E-state index in [0.29, 0.717) is 0 Å². The maximum atomic E-state index is 6.32. The van der Waals surface area contributed by atoms with Crippen LogP contribution in [0.4, 0.5) is 0 Å². The zero-order valence-corrected chi connectivity index (χ0v) is 17.9.